The fraction of sp³-hybridized carbons (Fsp3) is 0.286. The Kier molecular flexibility index (Phi) is 9.26. The molecular formula is C28H30N4O6. The molecule has 3 aromatic rings. The molecule has 0 aliphatic carbocycles. The van der Waals surface area contributed by atoms with E-state index in [0.717, 1.165) is 22.3 Å². The van der Waals surface area contributed by atoms with E-state index in [4.69, 9.17) is 0 Å². The smallest absolute Gasteiger partial charge is 0.305 e. The molecule has 2 N–H and O–H groups in total. The van der Waals surface area contributed by atoms with Crippen LogP contribution < -0.4 is 5.32 Å². The van der Waals surface area contributed by atoms with Gasteiger partial charge in [-0.3, -0.25) is 24.2 Å². The SMILES string of the molecule is CC(=O)N([C@H](C=O)CC(=O)O)N(Cc1ccccc1)C(=O)[C@@H](NC(=O)c1nccc2ccccc12)C(C)C. The van der Waals surface area contributed by atoms with Crippen LogP contribution in [0.15, 0.2) is 66.9 Å². The predicted molar refractivity (Wildman–Crippen MR) is 139 cm³/mol. The molecule has 3 rings (SSSR count). The third kappa shape index (κ3) is 6.58. The van der Waals surface area contributed by atoms with Crippen molar-refractivity contribution in [3.05, 3.63) is 78.1 Å². The number of aromatic nitrogens is 1. The molecule has 0 aliphatic heterocycles. The lowest BCUT2D eigenvalue weighted by molar-refractivity contribution is -0.174. The van der Waals surface area contributed by atoms with Gasteiger partial charge in [-0.05, 0) is 22.9 Å². The van der Waals surface area contributed by atoms with Crippen LogP contribution >= 0.6 is 0 Å². The van der Waals surface area contributed by atoms with Crippen molar-refractivity contribution in [2.24, 2.45) is 5.92 Å². The first-order valence-corrected chi connectivity index (χ1v) is 12.1. The number of carboxylic acids is 1. The summed E-state index contributed by atoms with van der Waals surface area (Å²) in [6.45, 7) is 4.47. The third-order valence-corrected chi connectivity index (χ3v) is 5.98. The molecule has 0 saturated heterocycles. The topological polar surface area (TPSA) is 137 Å². The van der Waals surface area contributed by atoms with E-state index in [1.807, 2.05) is 12.1 Å². The zero-order valence-corrected chi connectivity index (χ0v) is 21.4. The number of rotatable bonds is 10. The van der Waals surface area contributed by atoms with Gasteiger partial charge in [0.25, 0.3) is 11.8 Å². The van der Waals surface area contributed by atoms with Gasteiger partial charge >= 0.3 is 5.97 Å². The van der Waals surface area contributed by atoms with E-state index in [1.165, 1.54) is 6.20 Å². The summed E-state index contributed by atoms with van der Waals surface area (Å²) in [6, 6.07) is 15.2. The lowest BCUT2D eigenvalue weighted by Crippen LogP contribution is -2.60. The van der Waals surface area contributed by atoms with E-state index in [1.54, 1.807) is 62.4 Å². The third-order valence-electron chi connectivity index (χ3n) is 5.98. The number of carboxylic acid groups (broad SMARTS) is 1. The van der Waals surface area contributed by atoms with Gasteiger partial charge in [0.2, 0.25) is 5.91 Å². The van der Waals surface area contributed by atoms with Crippen molar-refractivity contribution in [3.63, 3.8) is 0 Å². The summed E-state index contributed by atoms with van der Waals surface area (Å²) in [5.41, 5.74) is 0.771. The second kappa shape index (κ2) is 12.6. The van der Waals surface area contributed by atoms with Crippen molar-refractivity contribution in [2.75, 3.05) is 0 Å². The van der Waals surface area contributed by atoms with E-state index < -0.39 is 48.1 Å². The highest BCUT2D eigenvalue weighted by Crippen LogP contribution is 2.20. The minimum absolute atomic E-state index is 0.130. The lowest BCUT2D eigenvalue weighted by Gasteiger charge is -2.39. The molecule has 0 fully saturated rings. The van der Waals surface area contributed by atoms with Gasteiger partial charge in [-0.15, -0.1) is 0 Å². The van der Waals surface area contributed by atoms with Gasteiger partial charge in [0.15, 0.2) is 0 Å². The number of aliphatic carboxylic acids is 1. The largest absolute Gasteiger partial charge is 0.481 e. The number of nitrogens with one attached hydrogen (secondary N) is 1. The van der Waals surface area contributed by atoms with E-state index in [2.05, 4.69) is 10.3 Å². The second-order valence-electron chi connectivity index (χ2n) is 9.12. The van der Waals surface area contributed by atoms with Gasteiger partial charge in [0.05, 0.1) is 13.0 Å². The first kappa shape index (κ1) is 28.0. The number of fused-ring (bicyclic) bond motifs is 1. The van der Waals surface area contributed by atoms with Crippen LogP contribution in [-0.4, -0.2) is 62.2 Å². The summed E-state index contributed by atoms with van der Waals surface area (Å²) in [7, 11) is 0. The van der Waals surface area contributed by atoms with Crippen LogP contribution in [0.4, 0.5) is 0 Å². The maximum Gasteiger partial charge on any atom is 0.305 e. The maximum atomic E-state index is 14.0. The van der Waals surface area contributed by atoms with Gasteiger partial charge in [-0.1, -0.05) is 68.4 Å². The van der Waals surface area contributed by atoms with Gasteiger partial charge in [0.1, 0.15) is 24.1 Å². The number of carbonyl (C=O) groups is 5. The molecule has 10 nitrogen and oxygen atoms in total. The molecule has 38 heavy (non-hydrogen) atoms. The van der Waals surface area contributed by atoms with Crippen molar-refractivity contribution in [2.45, 2.75) is 45.8 Å². The maximum absolute atomic E-state index is 14.0. The standard InChI is InChI=1S/C28H30N4O6/c1-18(2)25(30-27(37)26-23-12-8-7-11-21(23)13-14-29-26)28(38)31(16-20-9-5-4-6-10-20)32(19(3)34)22(17-33)15-24(35)36/h4-14,17-18,22,25H,15-16H2,1-3H3,(H,30,37)(H,35,36)/t22-,25-/m0/s1. The van der Waals surface area contributed by atoms with Crippen molar-refractivity contribution < 1.29 is 29.1 Å². The minimum atomic E-state index is -1.43. The Bertz CT molecular complexity index is 1320. The first-order chi connectivity index (χ1) is 18.1. The summed E-state index contributed by atoms with van der Waals surface area (Å²) < 4.78 is 0. The number of nitrogens with zero attached hydrogens (tertiary/aromatic N) is 3. The zero-order chi connectivity index (χ0) is 27.8. The van der Waals surface area contributed by atoms with E-state index in [-0.39, 0.29) is 12.2 Å². The molecular weight excluding hydrogens is 488 g/mol. The molecule has 0 saturated carbocycles. The Hall–Kier alpha value is -4.60. The molecule has 0 bridgehead atoms. The van der Waals surface area contributed by atoms with Crippen LogP contribution in [0.5, 0.6) is 0 Å². The predicted octanol–water partition coefficient (Wildman–Crippen LogP) is 2.82. The molecule has 0 spiro atoms. The van der Waals surface area contributed by atoms with Gasteiger partial charge < -0.3 is 15.2 Å². The molecule has 0 radical (unpaired) electrons. The number of amides is 3. The normalized spacial score (nSPS) is 12.4. The highest BCUT2D eigenvalue weighted by molar-refractivity contribution is 6.06. The lowest BCUT2D eigenvalue weighted by atomic mass is 10.0. The van der Waals surface area contributed by atoms with Crippen molar-refractivity contribution in [1.82, 2.24) is 20.3 Å². The minimum Gasteiger partial charge on any atom is -0.481 e. The van der Waals surface area contributed by atoms with Gasteiger partial charge in [0, 0.05) is 18.5 Å². The van der Waals surface area contributed by atoms with Crippen LogP contribution in [0.2, 0.25) is 0 Å². The number of hydrazine groups is 1. The molecule has 3 amide bonds. The Morgan fingerprint density at radius 1 is 1.00 bits per heavy atom. The van der Waals surface area contributed by atoms with Crippen LogP contribution in [0.25, 0.3) is 10.8 Å². The summed E-state index contributed by atoms with van der Waals surface area (Å²) in [4.78, 5) is 67.6. The van der Waals surface area contributed by atoms with Gasteiger partial charge in [-0.2, -0.15) is 0 Å². The fourth-order valence-electron chi connectivity index (χ4n) is 4.15. The number of carbonyl (C=O) groups excluding carboxylic acids is 4. The monoisotopic (exact) mass is 518 g/mol. The van der Waals surface area contributed by atoms with Crippen LogP contribution in [0.1, 0.15) is 43.2 Å². The average molecular weight is 519 g/mol. The summed E-state index contributed by atoms with van der Waals surface area (Å²) in [6.07, 6.45) is 1.13. The first-order valence-electron chi connectivity index (χ1n) is 12.1. The molecule has 0 aliphatic rings. The Balaban J connectivity index is 2.02. The molecule has 1 heterocycles. The zero-order valence-electron chi connectivity index (χ0n) is 21.4. The Morgan fingerprint density at radius 3 is 2.26 bits per heavy atom. The highest BCUT2D eigenvalue weighted by atomic mass is 16.4. The number of hydrogen-bond donors (Lipinski definition) is 2. The average Bonchev–Trinajstić information content (AvgIpc) is 2.89. The van der Waals surface area contributed by atoms with Crippen molar-refractivity contribution >= 4 is 40.7 Å². The molecule has 2 aromatic carbocycles. The molecule has 2 atom stereocenters. The quantitative estimate of drug-likeness (QED) is 0.311. The van der Waals surface area contributed by atoms with Gasteiger partial charge in [-0.25, -0.2) is 10.0 Å². The fourth-order valence-corrected chi connectivity index (χ4v) is 4.15. The Labute approximate surface area is 220 Å². The van der Waals surface area contributed by atoms with Crippen LogP contribution in [-0.2, 0) is 25.7 Å². The molecule has 1 aromatic heterocycles. The second-order valence-corrected chi connectivity index (χ2v) is 9.12. The summed E-state index contributed by atoms with van der Waals surface area (Å²) in [5.74, 6) is -3.69. The molecule has 0 unspecified atom stereocenters. The number of hydrogen-bond acceptors (Lipinski definition) is 6. The molecule has 198 valence electrons. The molecule has 10 heteroatoms. The van der Waals surface area contributed by atoms with E-state index in [0.29, 0.717) is 17.2 Å². The summed E-state index contributed by atoms with van der Waals surface area (Å²) >= 11 is 0. The number of aldehydes is 1. The van der Waals surface area contributed by atoms with Crippen LogP contribution in [0, 0.1) is 5.92 Å². The Morgan fingerprint density at radius 2 is 1.66 bits per heavy atom. The van der Waals surface area contributed by atoms with Crippen molar-refractivity contribution in [3.8, 4) is 0 Å². The number of benzene rings is 2. The highest BCUT2D eigenvalue weighted by Gasteiger charge is 2.37. The van der Waals surface area contributed by atoms with Crippen molar-refractivity contribution in [1.29, 1.82) is 0 Å². The number of pyridine rings is 1. The van der Waals surface area contributed by atoms with Crippen LogP contribution in [0.3, 0.4) is 0 Å². The van der Waals surface area contributed by atoms with E-state index in [9.17, 15) is 29.1 Å². The van der Waals surface area contributed by atoms with E-state index >= 15 is 0 Å². The summed E-state index contributed by atoms with van der Waals surface area (Å²) in [5, 5.41) is 15.4.